The molecule has 0 radical (unpaired) electrons. The molecule has 0 fully saturated rings. The second-order valence-corrected chi connectivity index (χ2v) is 4.67. The lowest BCUT2D eigenvalue weighted by atomic mass is 10.1. The predicted molar refractivity (Wildman–Crippen MR) is 48.8 cm³/mol. The van der Waals surface area contributed by atoms with Crippen LogP contribution in [0, 0.1) is 5.92 Å². The standard InChI is InChI=1S/C6H17N3O2S/c1-5(2)6(7)4-9-12(10,11)8-3/h5-6,8-9H,4,7H2,1-3H3. The van der Waals surface area contributed by atoms with Crippen molar-refractivity contribution in [3.63, 3.8) is 0 Å². The summed E-state index contributed by atoms with van der Waals surface area (Å²) in [5.74, 6) is 0.268. The first-order valence-electron chi connectivity index (χ1n) is 3.82. The summed E-state index contributed by atoms with van der Waals surface area (Å²) in [6.07, 6.45) is 0. The first kappa shape index (κ1) is 11.8. The highest BCUT2D eigenvalue weighted by Gasteiger charge is 2.11. The molecule has 0 heterocycles. The van der Waals surface area contributed by atoms with Crippen molar-refractivity contribution in [2.24, 2.45) is 11.7 Å². The monoisotopic (exact) mass is 195 g/mol. The van der Waals surface area contributed by atoms with Crippen molar-refractivity contribution >= 4 is 10.2 Å². The zero-order chi connectivity index (χ0) is 9.78. The second kappa shape index (κ2) is 4.76. The normalized spacial score (nSPS) is 15.1. The number of nitrogens with two attached hydrogens (primary N) is 1. The molecule has 0 aromatic heterocycles. The molecule has 5 nitrogen and oxygen atoms in total. The highest BCUT2D eigenvalue weighted by atomic mass is 32.2. The van der Waals surface area contributed by atoms with Crippen molar-refractivity contribution in [2.75, 3.05) is 13.6 Å². The molecule has 4 N–H and O–H groups in total. The van der Waals surface area contributed by atoms with Gasteiger partial charge < -0.3 is 5.73 Å². The van der Waals surface area contributed by atoms with Gasteiger partial charge in [0.05, 0.1) is 0 Å². The van der Waals surface area contributed by atoms with E-state index in [1.54, 1.807) is 0 Å². The molecular formula is C6H17N3O2S. The average molecular weight is 195 g/mol. The number of hydrogen-bond donors (Lipinski definition) is 3. The molecule has 1 atom stereocenters. The largest absolute Gasteiger partial charge is 0.326 e. The van der Waals surface area contributed by atoms with Crippen molar-refractivity contribution in [2.45, 2.75) is 19.9 Å². The van der Waals surface area contributed by atoms with E-state index in [4.69, 9.17) is 5.73 Å². The highest BCUT2D eigenvalue weighted by Crippen LogP contribution is 1.96. The molecule has 0 amide bonds. The van der Waals surface area contributed by atoms with Gasteiger partial charge in [0, 0.05) is 19.6 Å². The van der Waals surface area contributed by atoms with Crippen LogP contribution in [0.3, 0.4) is 0 Å². The van der Waals surface area contributed by atoms with E-state index < -0.39 is 10.2 Å². The SMILES string of the molecule is CNS(=O)(=O)NCC(N)C(C)C. The maximum Gasteiger partial charge on any atom is 0.276 e. The maximum atomic E-state index is 10.8. The van der Waals surface area contributed by atoms with Gasteiger partial charge in [-0.05, 0) is 5.92 Å². The maximum absolute atomic E-state index is 10.8. The summed E-state index contributed by atoms with van der Waals surface area (Å²) >= 11 is 0. The number of hydrogen-bond acceptors (Lipinski definition) is 3. The summed E-state index contributed by atoms with van der Waals surface area (Å²) in [4.78, 5) is 0. The quantitative estimate of drug-likeness (QED) is 0.527. The van der Waals surface area contributed by atoms with E-state index in [9.17, 15) is 8.42 Å². The smallest absolute Gasteiger partial charge is 0.276 e. The Kier molecular flexibility index (Phi) is 4.69. The molecule has 0 aromatic carbocycles. The first-order valence-corrected chi connectivity index (χ1v) is 5.31. The fourth-order valence-electron chi connectivity index (χ4n) is 0.514. The Labute approximate surface area is 73.9 Å². The van der Waals surface area contributed by atoms with Gasteiger partial charge in [0.2, 0.25) is 0 Å². The van der Waals surface area contributed by atoms with E-state index in [1.807, 2.05) is 13.8 Å². The predicted octanol–water partition coefficient (Wildman–Crippen LogP) is -0.976. The summed E-state index contributed by atoms with van der Waals surface area (Å²) in [5, 5.41) is 0. The Balaban J connectivity index is 3.84. The van der Waals surface area contributed by atoms with Crippen LogP contribution in [0.1, 0.15) is 13.8 Å². The summed E-state index contributed by atoms with van der Waals surface area (Å²) in [7, 11) is -1.98. The van der Waals surface area contributed by atoms with E-state index in [1.165, 1.54) is 7.05 Å². The van der Waals surface area contributed by atoms with Crippen LogP contribution in [0.25, 0.3) is 0 Å². The molecule has 0 saturated carbocycles. The van der Waals surface area contributed by atoms with Crippen LogP contribution < -0.4 is 15.2 Å². The average Bonchev–Trinajstić information content (AvgIpc) is 2.00. The van der Waals surface area contributed by atoms with Crippen molar-refractivity contribution in [1.82, 2.24) is 9.44 Å². The molecule has 0 aromatic rings. The Hall–Kier alpha value is -0.170. The lowest BCUT2D eigenvalue weighted by Gasteiger charge is -2.15. The zero-order valence-corrected chi connectivity index (χ0v) is 8.48. The minimum atomic E-state index is -3.33. The van der Waals surface area contributed by atoms with Gasteiger partial charge >= 0.3 is 0 Å². The number of rotatable bonds is 5. The first-order chi connectivity index (χ1) is 5.39. The summed E-state index contributed by atoms with van der Waals surface area (Å²) in [6.45, 7) is 4.15. The van der Waals surface area contributed by atoms with Gasteiger partial charge in [-0.3, -0.25) is 0 Å². The molecule has 0 bridgehead atoms. The van der Waals surface area contributed by atoms with Crippen LogP contribution in [-0.2, 0) is 10.2 Å². The minimum absolute atomic E-state index is 0.145. The fraction of sp³-hybridized carbons (Fsp3) is 1.00. The van der Waals surface area contributed by atoms with Gasteiger partial charge in [0.25, 0.3) is 10.2 Å². The second-order valence-electron chi connectivity index (χ2n) is 2.96. The van der Waals surface area contributed by atoms with Gasteiger partial charge in [-0.1, -0.05) is 13.8 Å². The molecule has 0 aliphatic heterocycles. The molecule has 74 valence electrons. The fourth-order valence-corrected chi connectivity index (χ4v) is 1.07. The molecule has 12 heavy (non-hydrogen) atoms. The topological polar surface area (TPSA) is 84.2 Å². The van der Waals surface area contributed by atoms with Crippen LogP contribution in [0.15, 0.2) is 0 Å². The minimum Gasteiger partial charge on any atom is -0.326 e. The third kappa shape index (κ3) is 4.66. The van der Waals surface area contributed by atoms with Crippen molar-refractivity contribution in [3.05, 3.63) is 0 Å². The molecular weight excluding hydrogens is 178 g/mol. The van der Waals surface area contributed by atoms with E-state index >= 15 is 0 Å². The van der Waals surface area contributed by atoms with E-state index in [2.05, 4.69) is 9.44 Å². The van der Waals surface area contributed by atoms with Crippen LogP contribution in [-0.4, -0.2) is 28.1 Å². The lowest BCUT2D eigenvalue weighted by Crippen LogP contribution is -2.43. The molecule has 0 aliphatic rings. The van der Waals surface area contributed by atoms with E-state index in [-0.39, 0.29) is 18.5 Å². The van der Waals surface area contributed by atoms with E-state index in [0.717, 1.165) is 0 Å². The van der Waals surface area contributed by atoms with Gasteiger partial charge in [0.15, 0.2) is 0 Å². The molecule has 1 unspecified atom stereocenters. The van der Waals surface area contributed by atoms with Gasteiger partial charge in [-0.2, -0.15) is 8.42 Å². The third-order valence-corrected chi connectivity index (χ3v) is 2.72. The van der Waals surface area contributed by atoms with Crippen molar-refractivity contribution in [3.8, 4) is 0 Å². The summed E-state index contributed by atoms with van der Waals surface area (Å²) in [5.41, 5.74) is 5.62. The number of nitrogens with one attached hydrogen (secondary N) is 2. The van der Waals surface area contributed by atoms with Gasteiger partial charge in [0.1, 0.15) is 0 Å². The molecule has 0 spiro atoms. The Morgan fingerprint density at radius 1 is 1.42 bits per heavy atom. The van der Waals surface area contributed by atoms with Crippen molar-refractivity contribution in [1.29, 1.82) is 0 Å². The van der Waals surface area contributed by atoms with Crippen LogP contribution in [0.4, 0.5) is 0 Å². The van der Waals surface area contributed by atoms with Gasteiger partial charge in [-0.25, -0.2) is 9.44 Å². The molecule has 0 aliphatic carbocycles. The molecule has 0 rings (SSSR count). The summed E-state index contributed by atoms with van der Waals surface area (Å²) < 4.78 is 26.2. The molecule has 0 saturated heterocycles. The van der Waals surface area contributed by atoms with Crippen LogP contribution in [0.5, 0.6) is 0 Å². The Morgan fingerprint density at radius 3 is 2.25 bits per heavy atom. The summed E-state index contributed by atoms with van der Waals surface area (Å²) in [6, 6.07) is -0.145. The Morgan fingerprint density at radius 2 is 1.92 bits per heavy atom. The van der Waals surface area contributed by atoms with Crippen LogP contribution >= 0.6 is 0 Å². The van der Waals surface area contributed by atoms with E-state index in [0.29, 0.717) is 0 Å². The Bertz CT molecular complexity index is 213. The van der Waals surface area contributed by atoms with Gasteiger partial charge in [-0.15, -0.1) is 0 Å². The zero-order valence-electron chi connectivity index (χ0n) is 7.66. The third-order valence-electron chi connectivity index (χ3n) is 1.63. The lowest BCUT2D eigenvalue weighted by molar-refractivity contribution is 0.480. The van der Waals surface area contributed by atoms with Crippen LogP contribution in [0.2, 0.25) is 0 Å². The van der Waals surface area contributed by atoms with Crippen molar-refractivity contribution < 1.29 is 8.42 Å². The molecule has 6 heteroatoms. The highest BCUT2D eigenvalue weighted by molar-refractivity contribution is 7.87.